The van der Waals surface area contributed by atoms with E-state index in [1.165, 1.54) is 29.3 Å². The van der Waals surface area contributed by atoms with E-state index in [9.17, 15) is 0 Å². The van der Waals surface area contributed by atoms with Gasteiger partial charge in [0.15, 0.2) is 0 Å². The minimum Gasteiger partial charge on any atom is -0.345 e. The van der Waals surface area contributed by atoms with Crippen LogP contribution in [0.15, 0.2) is 30.5 Å². The second-order valence-electron chi connectivity index (χ2n) is 4.46. The van der Waals surface area contributed by atoms with Crippen LogP contribution in [0.5, 0.6) is 0 Å². The molecule has 0 N–H and O–H groups in total. The van der Waals surface area contributed by atoms with Crippen LogP contribution >= 0.6 is 0 Å². The van der Waals surface area contributed by atoms with Crippen molar-refractivity contribution in [3.8, 4) is 0 Å². The lowest BCUT2D eigenvalue weighted by atomic mass is 10.1. The maximum atomic E-state index is 2.32. The number of aromatic nitrogens is 1. The van der Waals surface area contributed by atoms with Crippen molar-refractivity contribution in [1.82, 2.24) is 4.57 Å². The fourth-order valence-electron chi connectivity index (χ4n) is 2.11. The van der Waals surface area contributed by atoms with Gasteiger partial charge in [0.05, 0.1) is 0 Å². The normalized spacial score (nSPS) is 11.5. The average molecular weight is 201 g/mol. The first-order valence-corrected chi connectivity index (χ1v) is 5.82. The maximum absolute atomic E-state index is 2.32. The second-order valence-corrected chi connectivity index (χ2v) is 4.46. The molecule has 0 atom stereocenters. The van der Waals surface area contributed by atoms with Gasteiger partial charge in [0.25, 0.3) is 0 Å². The summed E-state index contributed by atoms with van der Waals surface area (Å²) in [6, 6.07) is 9.58. The van der Waals surface area contributed by atoms with E-state index in [1.54, 1.807) is 0 Å². The lowest BCUT2D eigenvalue weighted by molar-refractivity contribution is 0.623. The van der Waals surface area contributed by atoms with Crippen LogP contribution in [0.2, 0.25) is 0 Å². The molecule has 0 bridgehead atoms. The first kappa shape index (κ1) is 10.3. The molecule has 15 heavy (non-hydrogen) atoms. The number of benzene rings is 1. The predicted octanol–water partition coefficient (Wildman–Crippen LogP) is 4.17. The summed E-state index contributed by atoms with van der Waals surface area (Å²) in [5.41, 5.74) is 2.80. The predicted molar refractivity (Wildman–Crippen MR) is 66.3 cm³/mol. The van der Waals surface area contributed by atoms with Crippen molar-refractivity contribution in [2.75, 3.05) is 0 Å². The third kappa shape index (κ3) is 1.92. The topological polar surface area (TPSA) is 4.93 Å². The van der Waals surface area contributed by atoms with Crippen molar-refractivity contribution in [2.24, 2.45) is 0 Å². The molecule has 1 heterocycles. The summed E-state index contributed by atoms with van der Waals surface area (Å²) in [4.78, 5) is 0. The van der Waals surface area contributed by atoms with Gasteiger partial charge in [-0.2, -0.15) is 0 Å². The van der Waals surface area contributed by atoms with Gasteiger partial charge in [-0.25, -0.2) is 0 Å². The van der Waals surface area contributed by atoms with Crippen LogP contribution in [-0.2, 0) is 6.42 Å². The van der Waals surface area contributed by atoms with Crippen LogP contribution in [0.25, 0.3) is 10.9 Å². The smallest absolute Gasteiger partial charge is 0.0482 e. The Kier molecular flexibility index (Phi) is 2.81. The molecule has 2 aromatic rings. The molecule has 2 rings (SSSR count). The lowest BCUT2D eigenvalue weighted by Crippen LogP contribution is -1.97. The van der Waals surface area contributed by atoms with Crippen LogP contribution in [-0.4, -0.2) is 4.57 Å². The molecule has 0 aliphatic carbocycles. The Labute approximate surface area is 91.7 Å². The van der Waals surface area contributed by atoms with E-state index in [0.717, 1.165) is 0 Å². The zero-order valence-electron chi connectivity index (χ0n) is 9.83. The number of fused-ring (bicyclic) bond motifs is 1. The minimum atomic E-state index is 0.541. The van der Waals surface area contributed by atoms with Crippen LogP contribution in [0.3, 0.4) is 0 Å². The Hall–Kier alpha value is -1.24. The van der Waals surface area contributed by atoms with Gasteiger partial charge in [-0.15, -0.1) is 0 Å². The number of hydrogen-bond acceptors (Lipinski definition) is 0. The molecule has 0 fully saturated rings. The molecule has 0 aliphatic heterocycles. The summed E-state index contributed by atoms with van der Waals surface area (Å²) in [6.07, 6.45) is 4.59. The molecule has 0 amide bonds. The van der Waals surface area contributed by atoms with E-state index in [2.05, 4.69) is 55.8 Å². The quantitative estimate of drug-likeness (QED) is 0.702. The van der Waals surface area contributed by atoms with Gasteiger partial charge >= 0.3 is 0 Å². The molecular weight excluding hydrogens is 182 g/mol. The van der Waals surface area contributed by atoms with Crippen molar-refractivity contribution in [3.05, 3.63) is 36.0 Å². The molecule has 0 saturated carbocycles. The highest BCUT2D eigenvalue weighted by Crippen LogP contribution is 2.21. The highest BCUT2D eigenvalue weighted by molar-refractivity contribution is 5.81. The van der Waals surface area contributed by atoms with Crippen LogP contribution in [0.1, 0.15) is 38.8 Å². The van der Waals surface area contributed by atoms with E-state index in [0.29, 0.717) is 6.04 Å². The fraction of sp³-hybridized carbons (Fsp3) is 0.429. The molecule has 80 valence electrons. The molecule has 1 nitrogen and oxygen atoms in total. The minimum absolute atomic E-state index is 0.541. The third-order valence-corrected chi connectivity index (χ3v) is 2.88. The first-order chi connectivity index (χ1) is 7.22. The van der Waals surface area contributed by atoms with Crippen molar-refractivity contribution in [2.45, 2.75) is 39.7 Å². The summed E-state index contributed by atoms with van der Waals surface area (Å²) < 4.78 is 2.32. The van der Waals surface area contributed by atoms with E-state index in [-0.39, 0.29) is 0 Å². The number of aryl methyl sites for hydroxylation is 1. The zero-order chi connectivity index (χ0) is 10.8. The van der Waals surface area contributed by atoms with Gasteiger partial charge in [-0.05, 0) is 49.4 Å². The summed E-state index contributed by atoms with van der Waals surface area (Å²) in [6.45, 7) is 6.67. The van der Waals surface area contributed by atoms with E-state index in [1.807, 2.05) is 0 Å². The highest BCUT2D eigenvalue weighted by Gasteiger charge is 2.04. The van der Waals surface area contributed by atoms with Gasteiger partial charge in [0, 0.05) is 17.8 Å². The first-order valence-electron chi connectivity index (χ1n) is 5.82. The van der Waals surface area contributed by atoms with Gasteiger partial charge < -0.3 is 4.57 Å². The van der Waals surface area contributed by atoms with Crippen molar-refractivity contribution in [1.29, 1.82) is 0 Å². The molecule has 0 aliphatic rings. The van der Waals surface area contributed by atoms with Crippen LogP contribution in [0, 0.1) is 0 Å². The van der Waals surface area contributed by atoms with Crippen molar-refractivity contribution < 1.29 is 0 Å². The van der Waals surface area contributed by atoms with Crippen LogP contribution in [0.4, 0.5) is 0 Å². The Bertz CT molecular complexity index is 451. The van der Waals surface area contributed by atoms with E-state index >= 15 is 0 Å². The lowest BCUT2D eigenvalue weighted by Gasteiger charge is -2.09. The molecule has 1 heteroatoms. The largest absolute Gasteiger partial charge is 0.345 e. The monoisotopic (exact) mass is 201 g/mol. The second kappa shape index (κ2) is 4.09. The van der Waals surface area contributed by atoms with E-state index in [4.69, 9.17) is 0 Å². The summed E-state index contributed by atoms with van der Waals surface area (Å²) in [5, 5.41) is 1.37. The number of hydrogen-bond donors (Lipinski definition) is 0. The molecule has 1 aromatic heterocycles. The molecule has 0 spiro atoms. The van der Waals surface area contributed by atoms with Crippen LogP contribution < -0.4 is 0 Å². The average Bonchev–Trinajstić information content (AvgIpc) is 2.61. The Balaban J connectivity index is 2.47. The summed E-state index contributed by atoms with van der Waals surface area (Å²) >= 11 is 0. The number of rotatable bonds is 3. The highest BCUT2D eigenvalue weighted by atomic mass is 15.0. The maximum Gasteiger partial charge on any atom is 0.0482 e. The summed E-state index contributed by atoms with van der Waals surface area (Å²) in [7, 11) is 0. The van der Waals surface area contributed by atoms with Gasteiger partial charge in [-0.1, -0.05) is 19.4 Å². The molecule has 1 aromatic carbocycles. The molecule has 0 radical (unpaired) electrons. The van der Waals surface area contributed by atoms with Gasteiger partial charge in [0.2, 0.25) is 0 Å². The Morgan fingerprint density at radius 1 is 1.20 bits per heavy atom. The Morgan fingerprint density at radius 3 is 2.67 bits per heavy atom. The number of nitrogens with zero attached hydrogens (tertiary/aromatic N) is 1. The van der Waals surface area contributed by atoms with E-state index < -0.39 is 0 Å². The SMILES string of the molecule is CCCc1ccc2c(ccn2C(C)C)c1. The van der Waals surface area contributed by atoms with Crippen molar-refractivity contribution in [3.63, 3.8) is 0 Å². The third-order valence-electron chi connectivity index (χ3n) is 2.88. The van der Waals surface area contributed by atoms with Gasteiger partial charge in [0.1, 0.15) is 0 Å². The fourth-order valence-corrected chi connectivity index (χ4v) is 2.11. The molecule has 0 saturated heterocycles. The van der Waals surface area contributed by atoms with Crippen molar-refractivity contribution >= 4 is 10.9 Å². The van der Waals surface area contributed by atoms with Gasteiger partial charge in [-0.3, -0.25) is 0 Å². The standard InChI is InChI=1S/C14H19N/c1-4-5-12-6-7-14-13(10-12)8-9-15(14)11(2)3/h6-11H,4-5H2,1-3H3. The Morgan fingerprint density at radius 2 is 2.00 bits per heavy atom. The molecule has 0 unspecified atom stereocenters. The summed E-state index contributed by atoms with van der Waals surface area (Å²) in [5.74, 6) is 0. The molecular formula is C14H19N. The zero-order valence-corrected chi connectivity index (χ0v) is 9.83.